The summed E-state index contributed by atoms with van der Waals surface area (Å²) < 4.78 is 19.0. The van der Waals surface area contributed by atoms with Gasteiger partial charge in [-0.15, -0.1) is 0 Å². The summed E-state index contributed by atoms with van der Waals surface area (Å²) in [4.78, 5) is 0. The zero-order valence-electron chi connectivity index (χ0n) is 8.55. The number of fused-ring (bicyclic) bond motifs is 1. The molecule has 2 aliphatic rings. The van der Waals surface area contributed by atoms with E-state index >= 15 is 0 Å². The van der Waals surface area contributed by atoms with Gasteiger partial charge in [-0.05, 0) is 25.5 Å². The minimum atomic E-state index is -0.121. The van der Waals surface area contributed by atoms with Crippen molar-refractivity contribution in [3.8, 4) is 5.75 Å². The fourth-order valence-corrected chi connectivity index (χ4v) is 2.50. The Bertz CT molecular complexity index is 385. The van der Waals surface area contributed by atoms with Crippen LogP contribution in [0.3, 0.4) is 0 Å². The van der Waals surface area contributed by atoms with Crippen LogP contribution in [0.15, 0.2) is 12.1 Å². The van der Waals surface area contributed by atoms with E-state index in [9.17, 15) is 4.39 Å². The molecule has 15 heavy (non-hydrogen) atoms. The van der Waals surface area contributed by atoms with Crippen molar-refractivity contribution in [2.75, 3.05) is 13.2 Å². The maximum absolute atomic E-state index is 13.5. The lowest BCUT2D eigenvalue weighted by Gasteiger charge is -2.14. The van der Waals surface area contributed by atoms with Crippen LogP contribution in [0, 0.1) is 5.82 Å². The van der Waals surface area contributed by atoms with Crippen LogP contribution in [0.1, 0.15) is 30.0 Å². The van der Waals surface area contributed by atoms with Crippen LogP contribution in [0.25, 0.3) is 0 Å². The fraction of sp³-hybridized carbons (Fsp3) is 0.500. The Hall–Kier alpha value is -1.09. The maximum atomic E-state index is 13.5. The van der Waals surface area contributed by atoms with Gasteiger partial charge in [0.25, 0.3) is 0 Å². The molecule has 0 unspecified atom stereocenters. The lowest BCUT2D eigenvalue weighted by Crippen LogP contribution is -2.13. The molecule has 1 aromatic carbocycles. The summed E-state index contributed by atoms with van der Waals surface area (Å²) in [6.07, 6.45) is 3.03. The van der Waals surface area contributed by atoms with Crippen LogP contribution >= 0.6 is 0 Å². The second kappa shape index (κ2) is 3.49. The Morgan fingerprint density at radius 2 is 2.33 bits per heavy atom. The van der Waals surface area contributed by atoms with Crippen LogP contribution in [0.5, 0.6) is 5.75 Å². The second-order valence-electron chi connectivity index (χ2n) is 4.19. The molecule has 1 aromatic rings. The number of hydrogen-bond acceptors (Lipinski definition) is 2. The predicted molar refractivity (Wildman–Crippen MR) is 55.6 cm³/mol. The predicted octanol–water partition coefficient (Wildman–Crippen LogP) is 2.19. The first kappa shape index (κ1) is 9.16. The van der Waals surface area contributed by atoms with Crippen LogP contribution in [-0.2, 0) is 6.42 Å². The number of rotatable bonds is 1. The Balaban J connectivity index is 2.04. The van der Waals surface area contributed by atoms with Crippen molar-refractivity contribution in [3.05, 3.63) is 29.1 Å². The van der Waals surface area contributed by atoms with Gasteiger partial charge < -0.3 is 10.1 Å². The Morgan fingerprint density at radius 1 is 1.40 bits per heavy atom. The molecule has 0 radical (unpaired) electrons. The van der Waals surface area contributed by atoms with Crippen molar-refractivity contribution >= 4 is 0 Å². The molecule has 0 saturated carbocycles. The molecule has 2 heterocycles. The first-order valence-electron chi connectivity index (χ1n) is 5.54. The molecular formula is C12H14FNO. The van der Waals surface area contributed by atoms with Gasteiger partial charge in [0.15, 0.2) is 0 Å². The highest BCUT2D eigenvalue weighted by atomic mass is 19.1. The van der Waals surface area contributed by atoms with Crippen LogP contribution in [0.4, 0.5) is 4.39 Å². The van der Waals surface area contributed by atoms with Gasteiger partial charge in [0.1, 0.15) is 11.6 Å². The van der Waals surface area contributed by atoms with Gasteiger partial charge in [-0.2, -0.15) is 0 Å². The third-order valence-electron chi connectivity index (χ3n) is 3.27. The van der Waals surface area contributed by atoms with E-state index in [-0.39, 0.29) is 5.82 Å². The normalized spacial score (nSPS) is 23.9. The van der Waals surface area contributed by atoms with Crippen LogP contribution in [0.2, 0.25) is 0 Å². The van der Waals surface area contributed by atoms with E-state index in [1.165, 1.54) is 6.42 Å². The molecular weight excluding hydrogens is 193 g/mol. The summed E-state index contributed by atoms with van der Waals surface area (Å²) in [6.45, 7) is 1.67. The van der Waals surface area contributed by atoms with Gasteiger partial charge in [0.2, 0.25) is 0 Å². The minimum Gasteiger partial charge on any atom is -0.492 e. The lowest BCUT2D eigenvalue weighted by atomic mass is 10.0. The standard InChI is InChI=1S/C12H14FNO/c13-10-4-3-9(11-2-1-6-14-11)12-8(10)5-7-15-12/h3-4,11,14H,1-2,5-7H2/t11-/m1/s1. The highest BCUT2D eigenvalue weighted by molar-refractivity contribution is 5.46. The Labute approximate surface area is 88.4 Å². The quantitative estimate of drug-likeness (QED) is 0.762. The molecule has 0 bridgehead atoms. The zero-order chi connectivity index (χ0) is 10.3. The SMILES string of the molecule is Fc1ccc([C@H]2CCCN2)c2c1CCO2. The molecule has 1 atom stereocenters. The summed E-state index contributed by atoms with van der Waals surface area (Å²) >= 11 is 0. The summed E-state index contributed by atoms with van der Waals surface area (Å²) in [7, 11) is 0. The number of hydrogen-bond donors (Lipinski definition) is 1. The lowest BCUT2D eigenvalue weighted by molar-refractivity contribution is 0.350. The molecule has 0 aromatic heterocycles. The number of nitrogens with one attached hydrogen (secondary N) is 1. The average molecular weight is 207 g/mol. The summed E-state index contributed by atoms with van der Waals surface area (Å²) in [6, 6.07) is 3.79. The highest BCUT2D eigenvalue weighted by Gasteiger charge is 2.26. The topological polar surface area (TPSA) is 21.3 Å². The van der Waals surface area contributed by atoms with E-state index in [4.69, 9.17) is 4.74 Å². The second-order valence-corrected chi connectivity index (χ2v) is 4.19. The molecule has 0 aliphatic carbocycles. The van der Waals surface area contributed by atoms with Gasteiger partial charge in [-0.1, -0.05) is 6.07 Å². The first-order valence-corrected chi connectivity index (χ1v) is 5.54. The highest BCUT2D eigenvalue weighted by Crippen LogP contribution is 2.37. The van der Waals surface area contributed by atoms with Crippen molar-refractivity contribution in [3.63, 3.8) is 0 Å². The monoisotopic (exact) mass is 207 g/mol. The molecule has 0 amide bonds. The molecule has 0 spiro atoms. The summed E-state index contributed by atoms with van der Waals surface area (Å²) in [5.74, 6) is 0.679. The van der Waals surface area contributed by atoms with Gasteiger partial charge in [-0.25, -0.2) is 4.39 Å². The molecule has 1 saturated heterocycles. The number of ether oxygens (including phenoxy) is 1. The van der Waals surface area contributed by atoms with Crippen molar-refractivity contribution in [2.24, 2.45) is 0 Å². The largest absolute Gasteiger partial charge is 0.492 e. The van der Waals surface area contributed by atoms with Crippen LogP contribution < -0.4 is 10.1 Å². The van der Waals surface area contributed by atoms with E-state index in [1.807, 2.05) is 6.07 Å². The first-order chi connectivity index (χ1) is 7.36. The Kier molecular flexibility index (Phi) is 2.13. The maximum Gasteiger partial charge on any atom is 0.130 e. The molecule has 3 rings (SSSR count). The zero-order valence-corrected chi connectivity index (χ0v) is 8.55. The number of halogens is 1. The molecule has 1 N–H and O–H groups in total. The molecule has 3 heteroatoms. The molecule has 1 fully saturated rings. The van der Waals surface area contributed by atoms with Gasteiger partial charge >= 0.3 is 0 Å². The Morgan fingerprint density at radius 3 is 3.13 bits per heavy atom. The van der Waals surface area contributed by atoms with E-state index in [2.05, 4.69) is 5.32 Å². The third kappa shape index (κ3) is 1.42. The average Bonchev–Trinajstić information content (AvgIpc) is 2.88. The summed E-state index contributed by atoms with van der Waals surface area (Å²) in [5.41, 5.74) is 1.91. The summed E-state index contributed by atoms with van der Waals surface area (Å²) in [5, 5.41) is 3.42. The van der Waals surface area contributed by atoms with E-state index in [0.717, 1.165) is 29.8 Å². The van der Waals surface area contributed by atoms with Gasteiger partial charge in [0, 0.05) is 23.6 Å². The van der Waals surface area contributed by atoms with Crippen molar-refractivity contribution < 1.29 is 9.13 Å². The minimum absolute atomic E-state index is 0.121. The van der Waals surface area contributed by atoms with Gasteiger partial charge in [-0.3, -0.25) is 0 Å². The van der Waals surface area contributed by atoms with Crippen LogP contribution in [-0.4, -0.2) is 13.2 Å². The van der Waals surface area contributed by atoms with Gasteiger partial charge in [0.05, 0.1) is 6.61 Å². The van der Waals surface area contributed by atoms with E-state index in [0.29, 0.717) is 19.1 Å². The third-order valence-corrected chi connectivity index (χ3v) is 3.27. The van der Waals surface area contributed by atoms with Crippen molar-refractivity contribution in [1.29, 1.82) is 0 Å². The van der Waals surface area contributed by atoms with E-state index in [1.54, 1.807) is 6.07 Å². The number of benzene rings is 1. The van der Waals surface area contributed by atoms with E-state index < -0.39 is 0 Å². The molecule has 80 valence electrons. The fourth-order valence-electron chi connectivity index (χ4n) is 2.50. The smallest absolute Gasteiger partial charge is 0.130 e. The van der Waals surface area contributed by atoms with Crippen molar-refractivity contribution in [2.45, 2.75) is 25.3 Å². The molecule has 2 nitrogen and oxygen atoms in total. The molecule has 2 aliphatic heterocycles. The van der Waals surface area contributed by atoms with Crippen molar-refractivity contribution in [1.82, 2.24) is 5.32 Å².